The molecule has 4 N–H and O–H groups in total. The minimum absolute atomic E-state index is 0.136. The fourth-order valence-electron chi connectivity index (χ4n) is 10.8. The molecule has 2 saturated heterocycles. The summed E-state index contributed by atoms with van der Waals surface area (Å²) in [4.78, 5) is 15.1. The maximum Gasteiger partial charge on any atom is 0.220 e. The predicted octanol–water partition coefficient (Wildman–Crippen LogP) is 5.35. The van der Waals surface area contributed by atoms with Crippen LogP contribution in [0.25, 0.3) is 0 Å². The van der Waals surface area contributed by atoms with Crippen LogP contribution in [-0.2, 0) is 9.53 Å². The number of hydrogen-bond donors (Lipinski definition) is 3. The van der Waals surface area contributed by atoms with Crippen molar-refractivity contribution in [1.82, 2.24) is 10.2 Å². The number of nitrogens with one attached hydrogen (secondary N) is 1. The maximum atomic E-state index is 12.4. The number of ether oxygens (including phenoxy) is 1. The number of allylic oxidation sites excluding steroid dienone is 2. The van der Waals surface area contributed by atoms with Crippen molar-refractivity contribution >= 4 is 5.91 Å². The van der Waals surface area contributed by atoms with Crippen molar-refractivity contribution in [3.05, 3.63) is 22.8 Å². The molecule has 2 aliphatic heterocycles. The summed E-state index contributed by atoms with van der Waals surface area (Å²) in [5.41, 5.74) is 10.6. The highest BCUT2D eigenvalue weighted by molar-refractivity contribution is 5.75. The van der Waals surface area contributed by atoms with Gasteiger partial charge in [-0.25, -0.2) is 0 Å². The number of aliphatic hydroxyl groups is 1. The van der Waals surface area contributed by atoms with E-state index < -0.39 is 0 Å². The monoisotopic (exact) mass is 567 g/mol. The van der Waals surface area contributed by atoms with Gasteiger partial charge >= 0.3 is 0 Å². The van der Waals surface area contributed by atoms with Gasteiger partial charge in [0.1, 0.15) is 0 Å². The number of amides is 1. The first-order chi connectivity index (χ1) is 19.7. The van der Waals surface area contributed by atoms with E-state index in [9.17, 15) is 9.90 Å². The highest BCUT2D eigenvalue weighted by atomic mass is 16.5. The van der Waals surface area contributed by atoms with Gasteiger partial charge in [0.05, 0.1) is 17.8 Å². The van der Waals surface area contributed by atoms with Crippen LogP contribution in [0.1, 0.15) is 105 Å². The van der Waals surface area contributed by atoms with Crippen LogP contribution in [0.5, 0.6) is 0 Å². The minimum atomic E-state index is -0.144. The van der Waals surface area contributed by atoms with E-state index in [2.05, 4.69) is 44.0 Å². The third kappa shape index (κ3) is 5.17. The lowest BCUT2D eigenvalue weighted by atomic mass is 9.56. The molecule has 1 spiro atoms. The van der Waals surface area contributed by atoms with Crippen LogP contribution in [0.2, 0.25) is 0 Å². The molecule has 4 aliphatic carbocycles. The summed E-state index contributed by atoms with van der Waals surface area (Å²) in [6.45, 7) is 13.2. The van der Waals surface area contributed by atoms with Gasteiger partial charge < -0.3 is 20.9 Å². The Kier molecular flexibility index (Phi) is 8.52. The van der Waals surface area contributed by atoms with Gasteiger partial charge in [-0.2, -0.15) is 0 Å². The van der Waals surface area contributed by atoms with Crippen molar-refractivity contribution < 1.29 is 14.6 Å². The molecule has 230 valence electrons. The molecule has 0 aromatic rings. The zero-order valence-electron chi connectivity index (χ0n) is 26.3. The summed E-state index contributed by atoms with van der Waals surface area (Å²) < 4.78 is 7.29. The van der Waals surface area contributed by atoms with Crippen LogP contribution in [0, 0.1) is 35.0 Å². The molecule has 10 atom stereocenters. The van der Waals surface area contributed by atoms with E-state index in [0.717, 1.165) is 82.8 Å². The van der Waals surface area contributed by atoms with Crippen LogP contribution in [0.15, 0.2) is 22.8 Å². The SMILES string of the molecule is CC1=C2C[C@H]3[C@@H](CC=C4C[C@@H](O)CC[C@@]43C)[C@@H]2CC[C@]12O[C@@H]1C[C@H](C)CN(CCNC(=O)CCCCCN)[C@H]1[C@H]2C. The van der Waals surface area contributed by atoms with E-state index in [4.69, 9.17) is 10.5 Å². The second-order valence-electron chi connectivity index (χ2n) is 15.2. The Bertz CT molecular complexity index is 1060. The Morgan fingerprint density at radius 2 is 2.02 bits per heavy atom. The summed E-state index contributed by atoms with van der Waals surface area (Å²) in [6, 6.07) is 0.425. The lowest BCUT2D eigenvalue weighted by Crippen LogP contribution is -2.54. The normalized spacial score (nSPS) is 43.8. The van der Waals surface area contributed by atoms with Crippen LogP contribution in [0.4, 0.5) is 0 Å². The topological polar surface area (TPSA) is 87.8 Å². The van der Waals surface area contributed by atoms with Crippen molar-refractivity contribution in [1.29, 1.82) is 0 Å². The van der Waals surface area contributed by atoms with Crippen molar-refractivity contribution in [3.8, 4) is 0 Å². The molecule has 0 radical (unpaired) electrons. The van der Waals surface area contributed by atoms with Gasteiger partial charge in [0.2, 0.25) is 5.91 Å². The van der Waals surface area contributed by atoms with Crippen molar-refractivity contribution in [3.63, 3.8) is 0 Å². The molecule has 2 saturated carbocycles. The Balaban J connectivity index is 1.16. The molecule has 0 aromatic carbocycles. The Morgan fingerprint density at radius 3 is 2.83 bits per heavy atom. The summed E-state index contributed by atoms with van der Waals surface area (Å²) in [5.74, 6) is 3.43. The largest absolute Gasteiger partial charge is 0.393 e. The number of rotatable bonds is 8. The van der Waals surface area contributed by atoms with Gasteiger partial charge in [-0.3, -0.25) is 9.69 Å². The summed E-state index contributed by atoms with van der Waals surface area (Å²) in [6.07, 6.45) is 15.2. The van der Waals surface area contributed by atoms with Crippen LogP contribution < -0.4 is 11.1 Å². The van der Waals surface area contributed by atoms with E-state index in [0.29, 0.717) is 36.8 Å². The van der Waals surface area contributed by atoms with E-state index >= 15 is 0 Å². The van der Waals surface area contributed by atoms with E-state index in [1.165, 1.54) is 19.3 Å². The lowest BCUT2D eigenvalue weighted by molar-refractivity contribution is -0.121. The predicted molar refractivity (Wildman–Crippen MR) is 164 cm³/mol. The fourth-order valence-corrected chi connectivity index (χ4v) is 10.8. The molecular formula is C35H57N3O3. The Labute approximate surface area is 248 Å². The Hall–Kier alpha value is -1.21. The standard InChI is InChI=1S/C35H57N3O3/c1-22-18-31-33(38(21-22)17-16-37-32(40)8-6-5-7-15-36)24(3)35(41-31)14-12-27-28-10-9-25-19-26(39)11-13-34(25,4)30(28)20-29(27)23(35)2/h9,22,24,26-28,30-31,33,39H,5-8,10-21,36H2,1-4H3,(H,37,40)/t22-,24+,26-,27-,28-,30-,31+,33-,34-,35-/m0/s1. The first-order valence-electron chi connectivity index (χ1n) is 17.1. The van der Waals surface area contributed by atoms with Crippen molar-refractivity contribution in [2.24, 2.45) is 40.7 Å². The van der Waals surface area contributed by atoms with Crippen LogP contribution >= 0.6 is 0 Å². The van der Waals surface area contributed by atoms with E-state index in [1.54, 1.807) is 16.7 Å². The molecule has 6 heteroatoms. The number of nitrogens with zero attached hydrogens (tertiary/aromatic N) is 1. The van der Waals surface area contributed by atoms with E-state index in [1.807, 2.05) is 0 Å². The zero-order chi connectivity index (χ0) is 28.9. The highest BCUT2D eigenvalue weighted by Gasteiger charge is 2.61. The number of carbonyl (C=O) groups is 1. The second-order valence-corrected chi connectivity index (χ2v) is 15.2. The fraction of sp³-hybridized carbons (Fsp3) is 0.857. The molecule has 0 unspecified atom stereocenters. The lowest BCUT2D eigenvalue weighted by Gasteiger charge is -2.49. The second kappa shape index (κ2) is 11.7. The molecule has 4 fully saturated rings. The third-order valence-corrected chi connectivity index (χ3v) is 12.9. The average Bonchev–Trinajstić information content (AvgIpc) is 3.46. The highest BCUT2D eigenvalue weighted by Crippen LogP contribution is 2.65. The molecule has 0 bridgehead atoms. The van der Waals surface area contributed by atoms with Gasteiger partial charge in [0.15, 0.2) is 0 Å². The molecular weight excluding hydrogens is 510 g/mol. The summed E-state index contributed by atoms with van der Waals surface area (Å²) in [7, 11) is 0. The molecule has 6 aliphatic rings. The summed E-state index contributed by atoms with van der Waals surface area (Å²) >= 11 is 0. The average molecular weight is 568 g/mol. The maximum absolute atomic E-state index is 12.4. The number of aliphatic hydroxyl groups excluding tert-OH is 1. The number of unbranched alkanes of at least 4 members (excludes halogenated alkanes) is 2. The third-order valence-electron chi connectivity index (χ3n) is 12.9. The smallest absolute Gasteiger partial charge is 0.220 e. The Morgan fingerprint density at radius 1 is 1.20 bits per heavy atom. The van der Waals surface area contributed by atoms with Crippen molar-refractivity contribution in [2.45, 2.75) is 129 Å². The molecule has 41 heavy (non-hydrogen) atoms. The van der Waals surface area contributed by atoms with Gasteiger partial charge in [-0.1, -0.05) is 44.4 Å². The number of piperidine rings is 1. The van der Waals surface area contributed by atoms with Gasteiger partial charge in [-0.15, -0.1) is 0 Å². The summed E-state index contributed by atoms with van der Waals surface area (Å²) in [5, 5.41) is 13.6. The molecule has 1 amide bonds. The van der Waals surface area contributed by atoms with E-state index in [-0.39, 0.29) is 29.1 Å². The number of nitrogens with two attached hydrogens (primary N) is 1. The first-order valence-corrected chi connectivity index (χ1v) is 17.1. The minimum Gasteiger partial charge on any atom is -0.393 e. The zero-order valence-corrected chi connectivity index (χ0v) is 26.3. The van der Waals surface area contributed by atoms with Gasteiger partial charge in [0, 0.05) is 38.0 Å². The van der Waals surface area contributed by atoms with Crippen LogP contribution in [-0.4, -0.2) is 65.9 Å². The molecule has 0 aromatic heterocycles. The number of likely N-dealkylation sites (tertiary alicyclic amines) is 1. The molecule has 6 nitrogen and oxygen atoms in total. The number of hydrogen-bond acceptors (Lipinski definition) is 5. The van der Waals surface area contributed by atoms with Gasteiger partial charge in [-0.05, 0) is 112 Å². The number of fused-ring (bicyclic) bond motifs is 6. The van der Waals surface area contributed by atoms with Crippen LogP contribution in [0.3, 0.4) is 0 Å². The number of carbonyl (C=O) groups excluding carboxylic acids is 1. The van der Waals surface area contributed by atoms with Gasteiger partial charge in [0.25, 0.3) is 0 Å². The quantitative estimate of drug-likeness (QED) is 0.272. The molecule has 6 rings (SSSR count). The first kappa shape index (κ1) is 29.8. The molecule has 2 heterocycles. The van der Waals surface area contributed by atoms with Crippen molar-refractivity contribution in [2.75, 3.05) is 26.2 Å².